The van der Waals surface area contributed by atoms with E-state index < -0.39 is 90.6 Å². The van der Waals surface area contributed by atoms with E-state index >= 15 is 0 Å². The van der Waals surface area contributed by atoms with Crippen molar-refractivity contribution >= 4 is 18.0 Å². The molecule has 2 rings (SSSR count). The Balaban J connectivity index is 2.17. The van der Waals surface area contributed by atoms with Gasteiger partial charge in [0.05, 0.1) is 0 Å². The highest BCUT2D eigenvalue weighted by atomic mass is 19.4. The highest BCUT2D eigenvalue weighted by molar-refractivity contribution is 6.01. The molecule has 0 aromatic heterocycles. The summed E-state index contributed by atoms with van der Waals surface area (Å²) in [5.41, 5.74) is -0.557. The van der Waals surface area contributed by atoms with Crippen LogP contribution < -0.4 is 0 Å². The second-order valence-corrected chi connectivity index (χ2v) is 9.18. The molecular weight excluding hydrogens is 681 g/mol. The van der Waals surface area contributed by atoms with Gasteiger partial charge in [-0.3, -0.25) is 14.4 Å². The molecule has 0 saturated carbocycles. The number of carbonyl (C=O) groups is 3. The summed E-state index contributed by atoms with van der Waals surface area (Å²) in [6.45, 7) is -0.711. The minimum Gasteiger partial charge on any atom is -0.428 e. The zero-order valence-corrected chi connectivity index (χ0v) is 21.3. The van der Waals surface area contributed by atoms with Crippen LogP contribution >= 0.6 is 0 Å². The molecule has 23 heteroatoms. The molecule has 1 heterocycles. The maximum absolute atomic E-state index is 14.1. The summed E-state index contributed by atoms with van der Waals surface area (Å²) in [7, 11) is 0. The number of imide groups is 1. The largest absolute Gasteiger partial charge is 0.534 e. The van der Waals surface area contributed by atoms with Crippen molar-refractivity contribution in [3.05, 3.63) is 35.4 Å². The summed E-state index contributed by atoms with van der Waals surface area (Å²) in [6.07, 6.45) is -14.0. The summed E-state index contributed by atoms with van der Waals surface area (Å²) in [5, 5.41) is 0.102. The van der Waals surface area contributed by atoms with E-state index in [-0.39, 0.29) is 23.5 Å². The standard InChI is InChI=1S/C22H14F17NO5/c23-15(24,8-7-10-1-3-11(4-2-10)9-44-14(43)45-40-12(41)5-6-13(40)42)16(25,26)17(27,28)18(29,30)19(31,32)20(33,34)21(35,36)22(37,38)39/h1-4H,5-9H2. The summed E-state index contributed by atoms with van der Waals surface area (Å²) in [4.78, 5) is 38.6. The average molecular weight is 695 g/mol. The third-order valence-corrected chi connectivity index (χ3v) is 6.07. The van der Waals surface area contributed by atoms with E-state index in [1.54, 1.807) is 0 Å². The van der Waals surface area contributed by atoms with Crippen LogP contribution in [0.1, 0.15) is 30.4 Å². The van der Waals surface area contributed by atoms with Crippen molar-refractivity contribution in [3.8, 4) is 0 Å². The fraction of sp³-hybridized carbons (Fsp3) is 0.591. The predicted molar refractivity (Wildman–Crippen MR) is 108 cm³/mol. The van der Waals surface area contributed by atoms with Crippen LogP contribution in [0, 0.1) is 0 Å². The number of hydrogen-bond donors (Lipinski definition) is 0. The molecule has 0 atom stereocenters. The Labute approximate surface area is 238 Å². The first-order valence-corrected chi connectivity index (χ1v) is 11.5. The van der Waals surface area contributed by atoms with Crippen LogP contribution in [-0.4, -0.2) is 70.7 Å². The molecule has 1 fully saturated rings. The first kappa shape index (κ1) is 37.6. The summed E-state index contributed by atoms with van der Waals surface area (Å²) < 4.78 is 232. The molecule has 1 saturated heterocycles. The number of alkyl halides is 17. The van der Waals surface area contributed by atoms with Crippen LogP contribution in [0.5, 0.6) is 0 Å². The minimum absolute atomic E-state index is 0.0446. The van der Waals surface area contributed by atoms with Crippen LogP contribution in [0.2, 0.25) is 0 Å². The van der Waals surface area contributed by atoms with Crippen molar-refractivity contribution in [1.82, 2.24) is 5.06 Å². The number of rotatable bonds is 12. The smallest absolute Gasteiger partial charge is 0.428 e. The van der Waals surface area contributed by atoms with Gasteiger partial charge in [0.1, 0.15) is 6.61 Å². The first-order valence-electron chi connectivity index (χ1n) is 11.5. The van der Waals surface area contributed by atoms with Gasteiger partial charge in [-0.1, -0.05) is 29.3 Å². The molecule has 0 N–H and O–H groups in total. The van der Waals surface area contributed by atoms with Crippen molar-refractivity contribution in [1.29, 1.82) is 0 Å². The highest BCUT2D eigenvalue weighted by Crippen LogP contribution is 2.64. The van der Waals surface area contributed by atoms with Crippen molar-refractivity contribution in [2.24, 2.45) is 0 Å². The maximum Gasteiger partial charge on any atom is 0.534 e. The van der Waals surface area contributed by atoms with Gasteiger partial charge < -0.3 is 4.74 Å². The van der Waals surface area contributed by atoms with Crippen molar-refractivity contribution in [2.75, 3.05) is 0 Å². The van der Waals surface area contributed by atoms with Crippen LogP contribution in [0.3, 0.4) is 0 Å². The first-order chi connectivity index (χ1) is 20.0. The molecule has 0 spiro atoms. The fourth-order valence-electron chi connectivity index (χ4n) is 3.36. The zero-order chi connectivity index (χ0) is 35.2. The van der Waals surface area contributed by atoms with E-state index in [2.05, 4.69) is 9.57 Å². The number of hydrogen-bond acceptors (Lipinski definition) is 5. The topological polar surface area (TPSA) is 72.9 Å². The maximum atomic E-state index is 14.1. The normalized spacial score (nSPS) is 16.3. The van der Waals surface area contributed by atoms with Crippen LogP contribution in [0.4, 0.5) is 79.4 Å². The van der Waals surface area contributed by atoms with Gasteiger partial charge in [-0.25, -0.2) is 4.79 Å². The molecule has 1 aliphatic heterocycles. The Morgan fingerprint density at radius 2 is 0.978 bits per heavy atom. The molecule has 256 valence electrons. The number of nitrogens with zero attached hydrogens (tertiary/aromatic N) is 1. The molecule has 0 bridgehead atoms. The van der Waals surface area contributed by atoms with Crippen molar-refractivity contribution in [2.45, 2.75) is 79.9 Å². The predicted octanol–water partition coefficient (Wildman–Crippen LogP) is 7.35. The molecule has 6 nitrogen and oxygen atoms in total. The molecule has 0 radical (unpaired) electrons. The van der Waals surface area contributed by atoms with E-state index in [1.165, 1.54) is 0 Å². The van der Waals surface area contributed by atoms with Gasteiger partial charge in [-0.15, -0.1) is 0 Å². The van der Waals surface area contributed by atoms with E-state index in [9.17, 15) is 89.0 Å². The van der Waals surface area contributed by atoms with Gasteiger partial charge in [0.2, 0.25) is 0 Å². The molecule has 45 heavy (non-hydrogen) atoms. The Kier molecular flexibility index (Phi) is 9.75. The summed E-state index contributed by atoms with van der Waals surface area (Å²) >= 11 is 0. The summed E-state index contributed by atoms with van der Waals surface area (Å²) in [6, 6.07) is 3.31. The Morgan fingerprint density at radius 1 is 0.600 bits per heavy atom. The van der Waals surface area contributed by atoms with Crippen molar-refractivity contribution < 1.29 is 98.6 Å². The van der Waals surface area contributed by atoms with Crippen molar-refractivity contribution in [3.63, 3.8) is 0 Å². The Hall–Kier alpha value is -3.56. The number of benzene rings is 1. The Morgan fingerprint density at radius 3 is 1.40 bits per heavy atom. The minimum atomic E-state index is -8.69. The second-order valence-electron chi connectivity index (χ2n) is 9.18. The van der Waals surface area contributed by atoms with Crippen LogP contribution in [0.15, 0.2) is 24.3 Å². The molecule has 1 aromatic rings. The monoisotopic (exact) mass is 695 g/mol. The number of hydroxylamine groups is 2. The molecule has 2 amide bonds. The third-order valence-electron chi connectivity index (χ3n) is 6.07. The lowest BCUT2D eigenvalue weighted by Gasteiger charge is -2.42. The summed E-state index contributed by atoms with van der Waals surface area (Å²) in [5.74, 6) is -58.5. The van der Waals surface area contributed by atoms with E-state index in [1.807, 2.05) is 0 Å². The van der Waals surface area contributed by atoms with Crippen LogP contribution in [0.25, 0.3) is 0 Å². The van der Waals surface area contributed by atoms with Gasteiger partial charge in [0, 0.05) is 19.3 Å². The third kappa shape index (κ3) is 6.29. The van der Waals surface area contributed by atoms with E-state index in [4.69, 9.17) is 0 Å². The molecule has 1 aromatic carbocycles. The van der Waals surface area contributed by atoms with E-state index in [0.717, 1.165) is 24.3 Å². The highest BCUT2D eigenvalue weighted by Gasteiger charge is 2.95. The average Bonchev–Trinajstić information content (AvgIpc) is 3.22. The van der Waals surface area contributed by atoms with Gasteiger partial charge in [0.15, 0.2) is 0 Å². The SMILES string of the molecule is O=C(OCc1ccc(CCC(F)(F)C(F)(F)C(F)(F)C(F)(F)C(F)(F)C(F)(F)C(F)(F)C(F)(F)F)cc1)ON1C(=O)CCC1=O. The zero-order valence-electron chi connectivity index (χ0n) is 21.3. The fourth-order valence-corrected chi connectivity index (χ4v) is 3.36. The quantitative estimate of drug-likeness (QED) is 0.130. The number of amides is 2. The second kappa shape index (κ2) is 11.7. The Bertz CT molecular complexity index is 1260. The van der Waals surface area contributed by atoms with Crippen LogP contribution in [-0.2, 0) is 32.2 Å². The lowest BCUT2D eigenvalue weighted by atomic mass is 9.87. The van der Waals surface area contributed by atoms with Gasteiger partial charge in [-0.2, -0.15) is 74.6 Å². The molecular formula is C22H14F17NO5. The van der Waals surface area contributed by atoms with Gasteiger partial charge >= 0.3 is 53.8 Å². The molecule has 1 aliphatic rings. The number of carbonyl (C=O) groups excluding carboxylic acids is 3. The number of halogens is 17. The molecule has 0 unspecified atom stereocenters. The van der Waals surface area contributed by atoms with Gasteiger partial charge in [0.25, 0.3) is 11.8 Å². The van der Waals surface area contributed by atoms with Gasteiger partial charge in [-0.05, 0) is 17.5 Å². The molecule has 0 aliphatic carbocycles. The van der Waals surface area contributed by atoms with E-state index in [0.29, 0.717) is 0 Å². The lowest BCUT2D eigenvalue weighted by Crippen LogP contribution is -2.74. The number of aryl methyl sites for hydroxylation is 1. The lowest BCUT2D eigenvalue weighted by molar-refractivity contribution is -0.461. The number of ether oxygens (including phenoxy) is 1.